The van der Waals surface area contributed by atoms with Crippen molar-refractivity contribution in [3.8, 4) is 17.0 Å². The molecule has 0 aliphatic carbocycles. The summed E-state index contributed by atoms with van der Waals surface area (Å²) in [5.41, 5.74) is -0.533. The molecule has 3 aromatic heterocycles. The fourth-order valence-corrected chi connectivity index (χ4v) is 4.49. The average molecular weight is 596 g/mol. The molecule has 0 spiro atoms. The Labute approximate surface area is 233 Å². The van der Waals surface area contributed by atoms with Gasteiger partial charge in [0.1, 0.15) is 10.8 Å². The van der Waals surface area contributed by atoms with E-state index in [1.54, 1.807) is 42.5 Å². The molecule has 0 saturated carbocycles. The number of rotatable bonds is 6. The van der Waals surface area contributed by atoms with E-state index in [9.17, 15) is 18.0 Å². The number of amides is 1. The van der Waals surface area contributed by atoms with Gasteiger partial charge in [0.05, 0.1) is 19.3 Å². The van der Waals surface area contributed by atoms with Gasteiger partial charge in [-0.15, -0.1) is 0 Å². The summed E-state index contributed by atoms with van der Waals surface area (Å²) >= 11 is 18.7. The standard InChI is InChI=1S/C25H16Cl3F3N6O2/c1-39-14-7-5-13(6-8-14)19-9-21(25(29,30)31)37-22(32-19)10-20(34-37)24(38)33-23-18(28)12-36(35-23)11-15-16(26)3-2-4-17(15)27/h2-10,12H,11H2,1H3,(H,33,35,38). The Balaban J connectivity index is 1.45. The second kappa shape index (κ2) is 10.4. The topological polar surface area (TPSA) is 86.3 Å². The highest BCUT2D eigenvalue weighted by atomic mass is 35.5. The van der Waals surface area contributed by atoms with Crippen LogP contribution in [0.5, 0.6) is 5.75 Å². The minimum absolute atomic E-state index is 0.0233. The van der Waals surface area contributed by atoms with Crippen LogP contribution in [0.25, 0.3) is 16.9 Å². The molecule has 0 radical (unpaired) electrons. The van der Waals surface area contributed by atoms with Gasteiger partial charge in [-0.2, -0.15) is 23.4 Å². The molecule has 2 aromatic carbocycles. The van der Waals surface area contributed by atoms with Crippen LogP contribution in [0, 0.1) is 0 Å². The van der Waals surface area contributed by atoms with E-state index in [0.29, 0.717) is 31.4 Å². The number of benzene rings is 2. The van der Waals surface area contributed by atoms with Gasteiger partial charge in [-0.05, 0) is 42.5 Å². The van der Waals surface area contributed by atoms with Crippen LogP contribution in [0.1, 0.15) is 21.7 Å². The number of nitrogens with zero attached hydrogens (tertiary/aromatic N) is 5. The van der Waals surface area contributed by atoms with Crippen LogP contribution in [0.2, 0.25) is 15.1 Å². The Morgan fingerprint density at radius 2 is 1.69 bits per heavy atom. The Bertz CT molecular complexity index is 1680. The van der Waals surface area contributed by atoms with Crippen LogP contribution in [0.4, 0.5) is 19.0 Å². The van der Waals surface area contributed by atoms with Gasteiger partial charge in [-0.1, -0.05) is 40.9 Å². The van der Waals surface area contributed by atoms with Crippen LogP contribution in [-0.2, 0) is 12.7 Å². The third-order valence-electron chi connectivity index (χ3n) is 5.67. The molecule has 3 heterocycles. The Morgan fingerprint density at radius 3 is 2.33 bits per heavy atom. The molecule has 39 heavy (non-hydrogen) atoms. The predicted molar refractivity (Wildman–Crippen MR) is 141 cm³/mol. The van der Waals surface area contributed by atoms with Crippen molar-refractivity contribution in [2.75, 3.05) is 12.4 Å². The van der Waals surface area contributed by atoms with E-state index in [-0.39, 0.29) is 34.4 Å². The molecule has 1 amide bonds. The van der Waals surface area contributed by atoms with E-state index in [0.717, 1.165) is 12.1 Å². The molecule has 0 bridgehead atoms. The lowest BCUT2D eigenvalue weighted by Gasteiger charge is -2.11. The summed E-state index contributed by atoms with van der Waals surface area (Å²) in [6, 6.07) is 13.4. The number of methoxy groups -OCH3 is 1. The fourth-order valence-electron chi connectivity index (χ4n) is 3.78. The molecule has 0 aliphatic heterocycles. The van der Waals surface area contributed by atoms with Crippen molar-refractivity contribution in [2.24, 2.45) is 0 Å². The zero-order valence-corrected chi connectivity index (χ0v) is 22.1. The molecule has 1 N–H and O–H groups in total. The summed E-state index contributed by atoms with van der Waals surface area (Å²) in [6.45, 7) is 0.162. The normalized spacial score (nSPS) is 11.7. The number of hydrogen-bond acceptors (Lipinski definition) is 5. The third kappa shape index (κ3) is 5.51. The molecule has 0 saturated heterocycles. The van der Waals surface area contributed by atoms with Gasteiger partial charge in [-0.25, -0.2) is 9.50 Å². The quantitative estimate of drug-likeness (QED) is 0.231. The van der Waals surface area contributed by atoms with Gasteiger partial charge in [0, 0.05) is 33.4 Å². The van der Waals surface area contributed by atoms with Crippen LogP contribution >= 0.6 is 34.8 Å². The number of nitrogens with one attached hydrogen (secondary N) is 1. The number of halogens is 6. The summed E-state index contributed by atoms with van der Waals surface area (Å²) in [6.07, 6.45) is -3.32. The molecule has 0 unspecified atom stereocenters. The van der Waals surface area contributed by atoms with Crippen LogP contribution in [-0.4, -0.2) is 37.4 Å². The molecule has 0 fully saturated rings. The largest absolute Gasteiger partial charge is 0.497 e. The summed E-state index contributed by atoms with van der Waals surface area (Å²) in [5, 5.41) is 11.5. The lowest BCUT2D eigenvalue weighted by atomic mass is 10.1. The van der Waals surface area contributed by atoms with E-state index in [4.69, 9.17) is 39.5 Å². The number of aromatic nitrogens is 5. The lowest BCUT2D eigenvalue weighted by Crippen LogP contribution is -2.16. The number of fused-ring (bicyclic) bond motifs is 1. The van der Waals surface area contributed by atoms with Crippen molar-refractivity contribution < 1.29 is 22.7 Å². The van der Waals surface area contributed by atoms with E-state index in [2.05, 4.69) is 20.5 Å². The Hall–Kier alpha value is -3.80. The highest BCUT2D eigenvalue weighted by Gasteiger charge is 2.35. The van der Waals surface area contributed by atoms with Crippen molar-refractivity contribution in [3.63, 3.8) is 0 Å². The highest BCUT2D eigenvalue weighted by Crippen LogP contribution is 2.33. The minimum atomic E-state index is -4.77. The third-order valence-corrected chi connectivity index (χ3v) is 6.65. The second-order valence-corrected chi connectivity index (χ2v) is 9.45. The first-order valence-electron chi connectivity index (χ1n) is 11.1. The van der Waals surface area contributed by atoms with Crippen molar-refractivity contribution in [3.05, 3.63) is 92.8 Å². The highest BCUT2D eigenvalue weighted by molar-refractivity contribution is 6.36. The summed E-state index contributed by atoms with van der Waals surface area (Å²) in [5.74, 6) is -0.317. The SMILES string of the molecule is COc1ccc(-c2cc(C(F)(F)F)n3nc(C(=O)Nc4nn(Cc5c(Cl)cccc5Cl)cc4Cl)cc3n2)cc1. The zero-order chi connectivity index (χ0) is 27.9. The summed E-state index contributed by atoms with van der Waals surface area (Å²) in [7, 11) is 1.48. The van der Waals surface area contributed by atoms with Crippen molar-refractivity contribution in [1.29, 1.82) is 0 Å². The van der Waals surface area contributed by atoms with Gasteiger partial charge in [0.25, 0.3) is 5.91 Å². The van der Waals surface area contributed by atoms with Gasteiger partial charge < -0.3 is 10.1 Å². The number of carbonyl (C=O) groups is 1. The first-order valence-corrected chi connectivity index (χ1v) is 12.3. The number of hydrogen-bond donors (Lipinski definition) is 1. The summed E-state index contributed by atoms with van der Waals surface area (Å²) < 4.78 is 48.8. The molecule has 5 aromatic rings. The molecule has 0 atom stereocenters. The predicted octanol–water partition coefficient (Wildman–Crippen LogP) is 6.88. The van der Waals surface area contributed by atoms with Crippen molar-refractivity contribution in [2.45, 2.75) is 12.7 Å². The minimum Gasteiger partial charge on any atom is -0.497 e. The fraction of sp³-hybridized carbons (Fsp3) is 0.120. The number of carbonyl (C=O) groups excluding carboxylic acids is 1. The molecule has 14 heteroatoms. The van der Waals surface area contributed by atoms with Crippen LogP contribution < -0.4 is 10.1 Å². The maximum absolute atomic E-state index is 13.9. The maximum atomic E-state index is 13.9. The maximum Gasteiger partial charge on any atom is 0.433 e. The molecule has 5 rings (SSSR count). The molecule has 8 nitrogen and oxygen atoms in total. The summed E-state index contributed by atoms with van der Waals surface area (Å²) in [4.78, 5) is 17.2. The monoisotopic (exact) mass is 594 g/mol. The van der Waals surface area contributed by atoms with Crippen molar-refractivity contribution in [1.82, 2.24) is 24.4 Å². The first kappa shape index (κ1) is 26.8. The average Bonchev–Trinajstić information content (AvgIpc) is 3.48. The van der Waals surface area contributed by atoms with Crippen LogP contribution in [0.15, 0.2) is 60.8 Å². The van der Waals surface area contributed by atoms with Gasteiger partial charge >= 0.3 is 6.18 Å². The van der Waals surface area contributed by atoms with E-state index < -0.39 is 17.8 Å². The van der Waals surface area contributed by atoms with Crippen LogP contribution in [0.3, 0.4) is 0 Å². The number of anilines is 1. The molecule has 200 valence electrons. The second-order valence-electron chi connectivity index (χ2n) is 8.23. The van der Waals surface area contributed by atoms with E-state index >= 15 is 0 Å². The Kier molecular flexibility index (Phi) is 7.15. The Morgan fingerprint density at radius 1 is 1.00 bits per heavy atom. The van der Waals surface area contributed by atoms with Gasteiger partial charge in [0.15, 0.2) is 22.9 Å². The lowest BCUT2D eigenvalue weighted by molar-refractivity contribution is -0.142. The van der Waals surface area contributed by atoms with Gasteiger partial charge in [-0.3, -0.25) is 9.48 Å². The number of alkyl halides is 3. The van der Waals surface area contributed by atoms with Crippen molar-refractivity contribution >= 4 is 52.2 Å². The molecule has 0 aliphatic rings. The smallest absolute Gasteiger partial charge is 0.433 e. The molecular weight excluding hydrogens is 580 g/mol. The zero-order valence-electron chi connectivity index (χ0n) is 19.8. The first-order chi connectivity index (χ1) is 18.5. The van der Waals surface area contributed by atoms with E-state index in [1.165, 1.54) is 18.0 Å². The van der Waals surface area contributed by atoms with Gasteiger partial charge in [0.2, 0.25) is 0 Å². The number of ether oxygens (including phenoxy) is 1. The molecular formula is C25H16Cl3F3N6O2. The van der Waals surface area contributed by atoms with E-state index in [1.807, 2.05) is 0 Å².